The molecule has 0 radical (unpaired) electrons. The number of thioether (sulfide) groups is 1. The second kappa shape index (κ2) is 10.0. The number of para-hydroxylation sites is 1. The van der Waals surface area contributed by atoms with Crippen molar-refractivity contribution < 1.29 is 9.59 Å². The van der Waals surface area contributed by atoms with Gasteiger partial charge in [-0.05, 0) is 42.0 Å². The number of aromatic nitrogens is 4. The van der Waals surface area contributed by atoms with E-state index in [-0.39, 0.29) is 23.1 Å². The summed E-state index contributed by atoms with van der Waals surface area (Å²) in [5, 5.41) is 15.2. The Kier molecular flexibility index (Phi) is 6.50. The first-order valence-corrected chi connectivity index (χ1v) is 12.2. The summed E-state index contributed by atoms with van der Waals surface area (Å²) in [5.41, 5.74) is 2.77. The van der Waals surface area contributed by atoms with Crippen LogP contribution in [0, 0.1) is 0 Å². The minimum absolute atomic E-state index is 0.0976. The summed E-state index contributed by atoms with van der Waals surface area (Å²) in [6.07, 6.45) is 0. The molecule has 180 valence electrons. The molecule has 3 aromatic carbocycles. The summed E-state index contributed by atoms with van der Waals surface area (Å²) in [6, 6.07) is 23.9. The molecule has 5 aromatic rings. The maximum atomic E-state index is 13.3. The van der Waals surface area contributed by atoms with Gasteiger partial charge >= 0.3 is 0 Å². The third-order valence-electron chi connectivity index (χ3n) is 5.48. The van der Waals surface area contributed by atoms with Crippen molar-refractivity contribution in [3.63, 3.8) is 0 Å². The lowest BCUT2D eigenvalue weighted by Gasteiger charge is -2.11. The van der Waals surface area contributed by atoms with Crippen LogP contribution < -0.4 is 16.2 Å². The number of benzene rings is 3. The van der Waals surface area contributed by atoms with Gasteiger partial charge in [0.15, 0.2) is 5.16 Å². The third-order valence-corrected chi connectivity index (χ3v) is 6.41. The fraction of sp³-hybridized carbons (Fsp3) is 0.115. The van der Waals surface area contributed by atoms with Crippen LogP contribution in [0.2, 0.25) is 0 Å². The van der Waals surface area contributed by atoms with E-state index in [4.69, 9.17) is 0 Å². The summed E-state index contributed by atoms with van der Waals surface area (Å²) >= 11 is 1.24. The molecular weight excluding hydrogens is 476 g/mol. The number of hydrogen-bond donors (Lipinski definition) is 2. The number of amides is 2. The number of carbonyl (C=O) groups excluding carboxylic acids is 2. The highest BCUT2D eigenvalue weighted by molar-refractivity contribution is 7.99. The van der Waals surface area contributed by atoms with Crippen molar-refractivity contribution in [2.24, 2.45) is 0 Å². The predicted molar refractivity (Wildman–Crippen MR) is 140 cm³/mol. The standard InChI is InChI=1S/C26H22N6O3S/c1-17(33)27-19-11-13-20(14-12-19)28-23(34)16-36-26-30-29-25-31(15-18-7-3-2-4-8-18)24(35)21-9-5-6-10-22(21)32(25)26/h2-14H,15-16H2,1H3,(H,27,33)(H,28,34). The molecular formula is C26H22N6O3S. The van der Waals surface area contributed by atoms with Gasteiger partial charge in [0.1, 0.15) is 0 Å². The summed E-state index contributed by atoms with van der Waals surface area (Å²) in [4.78, 5) is 37.1. The normalized spacial score (nSPS) is 11.0. The number of nitrogens with zero attached hydrogens (tertiary/aromatic N) is 4. The van der Waals surface area contributed by atoms with Crippen molar-refractivity contribution >= 4 is 51.6 Å². The monoisotopic (exact) mass is 498 g/mol. The maximum Gasteiger partial charge on any atom is 0.263 e. The Morgan fingerprint density at radius 3 is 2.25 bits per heavy atom. The minimum Gasteiger partial charge on any atom is -0.326 e. The van der Waals surface area contributed by atoms with Crippen molar-refractivity contribution in [2.45, 2.75) is 18.6 Å². The van der Waals surface area contributed by atoms with E-state index in [1.54, 1.807) is 34.9 Å². The number of carbonyl (C=O) groups is 2. The smallest absolute Gasteiger partial charge is 0.263 e. The minimum atomic E-state index is -0.217. The molecule has 0 bridgehead atoms. The van der Waals surface area contributed by atoms with Gasteiger partial charge in [0.05, 0.1) is 23.2 Å². The zero-order valence-electron chi connectivity index (χ0n) is 19.3. The van der Waals surface area contributed by atoms with Crippen LogP contribution in [0.15, 0.2) is 88.8 Å². The van der Waals surface area contributed by atoms with Gasteiger partial charge in [-0.3, -0.25) is 23.4 Å². The molecule has 5 rings (SSSR count). The molecule has 0 atom stereocenters. The van der Waals surface area contributed by atoms with Crippen molar-refractivity contribution in [3.8, 4) is 0 Å². The molecule has 2 N–H and O–H groups in total. The molecule has 0 aliphatic rings. The van der Waals surface area contributed by atoms with Gasteiger partial charge in [0.2, 0.25) is 17.6 Å². The summed E-state index contributed by atoms with van der Waals surface area (Å²) in [6.45, 7) is 1.79. The van der Waals surface area contributed by atoms with E-state index < -0.39 is 0 Å². The molecule has 0 fully saturated rings. The largest absolute Gasteiger partial charge is 0.326 e. The second-order valence-corrected chi connectivity index (χ2v) is 9.05. The average molecular weight is 499 g/mol. The van der Waals surface area contributed by atoms with Gasteiger partial charge in [-0.2, -0.15) is 0 Å². The summed E-state index contributed by atoms with van der Waals surface area (Å²) < 4.78 is 3.42. The number of fused-ring (bicyclic) bond motifs is 3. The van der Waals surface area contributed by atoms with E-state index in [0.29, 0.717) is 39.8 Å². The van der Waals surface area contributed by atoms with Crippen LogP contribution in [0.3, 0.4) is 0 Å². The molecule has 36 heavy (non-hydrogen) atoms. The Labute approximate surface area is 210 Å². The van der Waals surface area contributed by atoms with Crippen LogP contribution in [0.25, 0.3) is 16.7 Å². The van der Waals surface area contributed by atoms with E-state index in [0.717, 1.165) is 5.56 Å². The zero-order chi connectivity index (χ0) is 25.1. The van der Waals surface area contributed by atoms with Crippen LogP contribution in [-0.2, 0) is 16.1 Å². The first-order chi connectivity index (χ1) is 17.5. The first-order valence-electron chi connectivity index (χ1n) is 11.2. The van der Waals surface area contributed by atoms with Crippen LogP contribution in [0.1, 0.15) is 12.5 Å². The second-order valence-electron chi connectivity index (χ2n) is 8.11. The van der Waals surface area contributed by atoms with Gasteiger partial charge in [-0.15, -0.1) is 10.2 Å². The topological polar surface area (TPSA) is 110 Å². The van der Waals surface area contributed by atoms with E-state index in [1.165, 1.54) is 18.7 Å². The highest BCUT2D eigenvalue weighted by Gasteiger charge is 2.18. The number of rotatable bonds is 7. The van der Waals surface area contributed by atoms with E-state index in [1.807, 2.05) is 52.9 Å². The van der Waals surface area contributed by atoms with Gasteiger partial charge in [0.25, 0.3) is 5.56 Å². The zero-order valence-corrected chi connectivity index (χ0v) is 20.2. The SMILES string of the molecule is CC(=O)Nc1ccc(NC(=O)CSc2nnc3n(Cc4ccccc4)c(=O)c4ccccc4n23)cc1. The third kappa shape index (κ3) is 4.84. The Balaban J connectivity index is 1.41. The number of nitrogens with one attached hydrogen (secondary N) is 2. The lowest BCUT2D eigenvalue weighted by molar-refractivity contribution is -0.114. The quantitative estimate of drug-likeness (QED) is 0.331. The molecule has 0 unspecified atom stereocenters. The van der Waals surface area contributed by atoms with E-state index in [2.05, 4.69) is 20.8 Å². The van der Waals surface area contributed by atoms with Crippen LogP contribution in [0.5, 0.6) is 0 Å². The highest BCUT2D eigenvalue weighted by atomic mass is 32.2. The lowest BCUT2D eigenvalue weighted by atomic mass is 10.2. The molecule has 0 spiro atoms. The van der Waals surface area contributed by atoms with Crippen molar-refractivity contribution in [1.82, 2.24) is 19.2 Å². The fourth-order valence-corrected chi connectivity index (χ4v) is 4.64. The highest BCUT2D eigenvalue weighted by Crippen LogP contribution is 2.22. The Hall–Kier alpha value is -4.44. The van der Waals surface area contributed by atoms with Crippen LogP contribution >= 0.6 is 11.8 Å². The summed E-state index contributed by atoms with van der Waals surface area (Å²) in [5.74, 6) is 0.135. The van der Waals surface area contributed by atoms with Gasteiger partial charge in [-0.1, -0.05) is 54.2 Å². The molecule has 2 aromatic heterocycles. The first kappa shape index (κ1) is 23.3. The Bertz CT molecular complexity index is 1630. The van der Waals surface area contributed by atoms with Crippen molar-refractivity contribution in [1.29, 1.82) is 0 Å². The lowest BCUT2D eigenvalue weighted by Crippen LogP contribution is -2.24. The summed E-state index contributed by atoms with van der Waals surface area (Å²) in [7, 11) is 0. The fourth-order valence-electron chi connectivity index (χ4n) is 3.90. The molecule has 10 heteroatoms. The molecule has 2 amide bonds. The van der Waals surface area contributed by atoms with Crippen LogP contribution in [0.4, 0.5) is 11.4 Å². The maximum absolute atomic E-state index is 13.3. The molecule has 0 saturated carbocycles. The molecule has 0 aliphatic heterocycles. The van der Waals surface area contributed by atoms with Crippen molar-refractivity contribution in [3.05, 3.63) is 94.8 Å². The van der Waals surface area contributed by atoms with Gasteiger partial charge < -0.3 is 10.6 Å². The molecule has 2 heterocycles. The van der Waals surface area contributed by atoms with Crippen molar-refractivity contribution in [2.75, 3.05) is 16.4 Å². The molecule has 9 nitrogen and oxygen atoms in total. The predicted octanol–water partition coefficient (Wildman–Crippen LogP) is 3.78. The van der Waals surface area contributed by atoms with E-state index in [9.17, 15) is 14.4 Å². The molecule has 0 saturated heterocycles. The number of hydrogen-bond acceptors (Lipinski definition) is 6. The molecule has 0 aliphatic carbocycles. The van der Waals surface area contributed by atoms with E-state index >= 15 is 0 Å². The number of anilines is 2. The van der Waals surface area contributed by atoms with Crippen LogP contribution in [-0.4, -0.2) is 36.7 Å². The van der Waals surface area contributed by atoms with Gasteiger partial charge in [-0.25, -0.2) is 0 Å². The average Bonchev–Trinajstić information content (AvgIpc) is 3.31. The Morgan fingerprint density at radius 2 is 1.53 bits per heavy atom. The Morgan fingerprint density at radius 1 is 0.861 bits per heavy atom. The van der Waals surface area contributed by atoms with Gasteiger partial charge in [0, 0.05) is 18.3 Å².